The van der Waals surface area contributed by atoms with Gasteiger partial charge in [0, 0.05) is 33.1 Å². The first-order valence-electron chi connectivity index (χ1n) is 14.8. The zero-order valence-electron chi connectivity index (χ0n) is 24.4. The summed E-state index contributed by atoms with van der Waals surface area (Å²) in [5.41, 5.74) is 15.7. The van der Waals surface area contributed by atoms with Gasteiger partial charge in [-0.15, -0.1) is 0 Å². The fourth-order valence-electron chi connectivity index (χ4n) is 7.25. The van der Waals surface area contributed by atoms with Gasteiger partial charge in [0.05, 0.1) is 11.4 Å². The van der Waals surface area contributed by atoms with Crippen LogP contribution >= 0.6 is 0 Å². The van der Waals surface area contributed by atoms with Gasteiger partial charge >= 0.3 is 0 Å². The van der Waals surface area contributed by atoms with Crippen LogP contribution in [0.2, 0.25) is 0 Å². The molecule has 5 aromatic carbocycles. The maximum absolute atomic E-state index is 5.24. The normalized spacial score (nSPS) is 15.0. The molecule has 2 nitrogen and oxygen atoms in total. The Morgan fingerprint density at radius 2 is 0.952 bits per heavy atom. The largest absolute Gasteiger partial charge is 0.228 e. The second-order valence-electron chi connectivity index (χ2n) is 12.7. The number of benzene rings is 5. The fourth-order valence-corrected chi connectivity index (χ4v) is 7.25. The van der Waals surface area contributed by atoms with Crippen molar-refractivity contribution in [2.75, 3.05) is 0 Å². The molecule has 0 saturated heterocycles. The molecule has 0 saturated carbocycles. The van der Waals surface area contributed by atoms with Gasteiger partial charge in [-0.3, -0.25) is 0 Å². The van der Waals surface area contributed by atoms with Crippen molar-refractivity contribution < 1.29 is 0 Å². The Hall–Kier alpha value is -4.82. The second kappa shape index (κ2) is 8.84. The minimum absolute atomic E-state index is 0.0161. The Bertz CT molecular complexity index is 2010. The lowest BCUT2D eigenvalue weighted by Gasteiger charge is -2.24. The summed E-state index contributed by atoms with van der Waals surface area (Å²) in [7, 11) is 0. The van der Waals surface area contributed by atoms with Crippen molar-refractivity contribution in [3.8, 4) is 56.2 Å². The average Bonchev–Trinajstić information content (AvgIpc) is 3.41. The van der Waals surface area contributed by atoms with E-state index in [-0.39, 0.29) is 10.8 Å². The zero-order valence-corrected chi connectivity index (χ0v) is 24.4. The van der Waals surface area contributed by atoms with E-state index in [0.717, 1.165) is 28.3 Å². The Morgan fingerprint density at radius 1 is 0.405 bits per heavy atom. The van der Waals surface area contributed by atoms with Gasteiger partial charge in [0.1, 0.15) is 0 Å². The van der Waals surface area contributed by atoms with Crippen molar-refractivity contribution in [2.45, 2.75) is 38.5 Å². The van der Waals surface area contributed by atoms with Gasteiger partial charge in [-0.2, -0.15) is 0 Å². The number of hydrogen-bond donors (Lipinski definition) is 0. The SMILES string of the molecule is CC1(C)c2ccccc2-c2ccc(-c3ccc(-c4nc(-c5ccccc5)nc5c4C(C)(C)c4ccccc4-5)cc3)cc21. The average molecular weight is 541 g/mol. The minimum Gasteiger partial charge on any atom is -0.228 e. The van der Waals surface area contributed by atoms with Crippen LogP contribution in [0.3, 0.4) is 0 Å². The van der Waals surface area contributed by atoms with Crippen LogP contribution in [0.15, 0.2) is 121 Å². The topological polar surface area (TPSA) is 25.8 Å². The summed E-state index contributed by atoms with van der Waals surface area (Å²) >= 11 is 0. The maximum atomic E-state index is 5.24. The van der Waals surface area contributed by atoms with Crippen LogP contribution < -0.4 is 0 Å². The first kappa shape index (κ1) is 24.9. The Morgan fingerprint density at radius 3 is 1.69 bits per heavy atom. The molecule has 2 aliphatic carbocycles. The summed E-state index contributed by atoms with van der Waals surface area (Å²) < 4.78 is 0. The lowest BCUT2D eigenvalue weighted by Crippen LogP contribution is -2.17. The molecular formula is C40H32N2. The first-order valence-corrected chi connectivity index (χ1v) is 14.8. The summed E-state index contributed by atoms with van der Waals surface area (Å²) in [4.78, 5) is 10.4. The highest BCUT2D eigenvalue weighted by atomic mass is 14.9. The number of hydrogen-bond acceptors (Lipinski definition) is 2. The van der Waals surface area contributed by atoms with Crippen LogP contribution in [0.25, 0.3) is 56.2 Å². The van der Waals surface area contributed by atoms with E-state index in [1.54, 1.807) is 0 Å². The quantitative estimate of drug-likeness (QED) is 0.223. The lowest BCUT2D eigenvalue weighted by molar-refractivity contribution is 0.658. The van der Waals surface area contributed by atoms with E-state index in [2.05, 4.69) is 143 Å². The van der Waals surface area contributed by atoms with Crippen molar-refractivity contribution in [3.05, 3.63) is 144 Å². The lowest BCUT2D eigenvalue weighted by atomic mass is 9.80. The Balaban J connectivity index is 1.25. The van der Waals surface area contributed by atoms with Gasteiger partial charge in [-0.25, -0.2) is 9.97 Å². The highest BCUT2D eigenvalue weighted by Gasteiger charge is 2.40. The van der Waals surface area contributed by atoms with Crippen LogP contribution in [0.5, 0.6) is 0 Å². The summed E-state index contributed by atoms with van der Waals surface area (Å²) in [6.45, 7) is 9.27. The molecule has 0 unspecified atom stereocenters. The highest BCUT2D eigenvalue weighted by molar-refractivity contribution is 5.87. The predicted octanol–water partition coefficient (Wildman–Crippen LogP) is 10.1. The molecule has 0 bridgehead atoms. The second-order valence-corrected chi connectivity index (χ2v) is 12.7. The van der Waals surface area contributed by atoms with Crippen molar-refractivity contribution in [2.24, 2.45) is 0 Å². The molecule has 0 N–H and O–H groups in total. The standard InChI is InChI=1S/C40H32N2/c1-39(2)32-16-10-8-14-29(32)30-23-22-28(24-34(30)39)25-18-20-26(21-19-25)36-35-37(31-15-9-11-17-33(31)40(35,3)4)42-38(41-36)27-12-6-5-7-13-27/h5-24H,1-4H3. The molecule has 1 aromatic heterocycles. The molecule has 42 heavy (non-hydrogen) atoms. The zero-order chi connectivity index (χ0) is 28.6. The van der Waals surface area contributed by atoms with Gasteiger partial charge in [-0.05, 0) is 45.0 Å². The molecule has 0 amide bonds. The molecule has 1 heterocycles. The number of aromatic nitrogens is 2. The Labute approximate surface area is 247 Å². The van der Waals surface area contributed by atoms with Crippen LogP contribution in [0.4, 0.5) is 0 Å². The molecule has 2 aliphatic rings. The molecule has 6 aromatic rings. The molecule has 0 spiro atoms. The molecular weight excluding hydrogens is 508 g/mol. The van der Waals surface area contributed by atoms with E-state index in [9.17, 15) is 0 Å². The molecule has 0 fully saturated rings. The van der Waals surface area contributed by atoms with Gasteiger partial charge in [0.25, 0.3) is 0 Å². The summed E-state index contributed by atoms with van der Waals surface area (Å²) in [6, 6.07) is 43.7. The highest BCUT2D eigenvalue weighted by Crippen LogP contribution is 2.52. The van der Waals surface area contributed by atoms with Gasteiger partial charge in [0.15, 0.2) is 5.82 Å². The van der Waals surface area contributed by atoms with Gasteiger partial charge < -0.3 is 0 Å². The van der Waals surface area contributed by atoms with Crippen LogP contribution in [0.1, 0.15) is 49.9 Å². The summed E-state index contributed by atoms with van der Waals surface area (Å²) in [6.07, 6.45) is 0. The maximum Gasteiger partial charge on any atom is 0.160 e. The van der Waals surface area contributed by atoms with Gasteiger partial charge in [0.2, 0.25) is 0 Å². The number of rotatable bonds is 3. The first-order chi connectivity index (χ1) is 20.3. The Kier molecular flexibility index (Phi) is 5.25. The third-order valence-corrected chi connectivity index (χ3v) is 9.50. The fraction of sp³-hybridized carbons (Fsp3) is 0.150. The van der Waals surface area contributed by atoms with E-state index < -0.39 is 0 Å². The molecule has 2 heteroatoms. The number of nitrogens with zero attached hydrogens (tertiary/aromatic N) is 2. The van der Waals surface area contributed by atoms with E-state index in [0.29, 0.717) is 0 Å². The van der Waals surface area contributed by atoms with Gasteiger partial charge in [-0.1, -0.05) is 143 Å². The van der Waals surface area contributed by atoms with Crippen LogP contribution in [-0.2, 0) is 10.8 Å². The van der Waals surface area contributed by atoms with E-state index in [4.69, 9.17) is 9.97 Å². The van der Waals surface area contributed by atoms with E-state index in [1.807, 2.05) is 6.07 Å². The summed E-state index contributed by atoms with van der Waals surface area (Å²) in [5, 5.41) is 0. The molecule has 8 rings (SSSR count). The van der Waals surface area contributed by atoms with Crippen molar-refractivity contribution in [1.29, 1.82) is 0 Å². The van der Waals surface area contributed by atoms with Crippen LogP contribution in [0, 0.1) is 0 Å². The summed E-state index contributed by atoms with van der Waals surface area (Å²) in [5.74, 6) is 0.765. The van der Waals surface area contributed by atoms with E-state index in [1.165, 1.54) is 50.1 Å². The van der Waals surface area contributed by atoms with Crippen molar-refractivity contribution >= 4 is 0 Å². The molecule has 0 aliphatic heterocycles. The third kappa shape index (κ3) is 3.51. The van der Waals surface area contributed by atoms with E-state index >= 15 is 0 Å². The number of fused-ring (bicyclic) bond motifs is 6. The van der Waals surface area contributed by atoms with Crippen LogP contribution in [-0.4, -0.2) is 9.97 Å². The third-order valence-electron chi connectivity index (χ3n) is 9.50. The molecule has 0 atom stereocenters. The molecule has 202 valence electrons. The monoisotopic (exact) mass is 540 g/mol. The molecule has 0 radical (unpaired) electrons. The smallest absolute Gasteiger partial charge is 0.160 e. The van der Waals surface area contributed by atoms with Crippen molar-refractivity contribution in [1.82, 2.24) is 9.97 Å². The minimum atomic E-state index is -0.199. The predicted molar refractivity (Wildman–Crippen MR) is 173 cm³/mol. The van der Waals surface area contributed by atoms with Crippen molar-refractivity contribution in [3.63, 3.8) is 0 Å².